The SMILES string of the molecule is CC(C)CCCC(C)NC(=O)c1coc(C(N)Cc2c[nH]c3ccccc23)n1. The zero-order chi connectivity index (χ0) is 20.1. The van der Waals surface area contributed by atoms with Crippen LogP contribution in [0.25, 0.3) is 10.9 Å². The summed E-state index contributed by atoms with van der Waals surface area (Å²) in [6, 6.07) is 7.77. The first-order valence-corrected chi connectivity index (χ1v) is 10.0. The smallest absolute Gasteiger partial charge is 0.273 e. The molecule has 2 atom stereocenters. The number of nitrogens with two attached hydrogens (primary N) is 1. The fraction of sp³-hybridized carbons (Fsp3) is 0.455. The minimum absolute atomic E-state index is 0.103. The normalized spacial score (nSPS) is 13.8. The lowest BCUT2D eigenvalue weighted by Crippen LogP contribution is -2.32. The van der Waals surface area contributed by atoms with E-state index in [2.05, 4.69) is 35.2 Å². The van der Waals surface area contributed by atoms with Crippen LogP contribution in [0, 0.1) is 5.92 Å². The van der Waals surface area contributed by atoms with E-state index in [9.17, 15) is 4.79 Å². The van der Waals surface area contributed by atoms with Gasteiger partial charge in [-0.2, -0.15) is 0 Å². The van der Waals surface area contributed by atoms with Crippen LogP contribution in [-0.2, 0) is 6.42 Å². The van der Waals surface area contributed by atoms with Crippen molar-refractivity contribution in [3.8, 4) is 0 Å². The van der Waals surface area contributed by atoms with E-state index in [0.717, 1.165) is 35.7 Å². The monoisotopic (exact) mass is 382 g/mol. The summed E-state index contributed by atoms with van der Waals surface area (Å²) < 4.78 is 5.50. The van der Waals surface area contributed by atoms with Gasteiger partial charge >= 0.3 is 0 Å². The fourth-order valence-electron chi connectivity index (χ4n) is 3.39. The summed E-state index contributed by atoms with van der Waals surface area (Å²) >= 11 is 0. The van der Waals surface area contributed by atoms with Crippen molar-refractivity contribution < 1.29 is 9.21 Å². The van der Waals surface area contributed by atoms with Crippen LogP contribution in [-0.4, -0.2) is 21.9 Å². The lowest BCUT2D eigenvalue weighted by molar-refractivity contribution is 0.0932. The summed E-state index contributed by atoms with van der Waals surface area (Å²) in [6.07, 6.45) is 7.14. The van der Waals surface area contributed by atoms with E-state index in [1.807, 2.05) is 31.3 Å². The van der Waals surface area contributed by atoms with E-state index in [-0.39, 0.29) is 17.6 Å². The van der Waals surface area contributed by atoms with Gasteiger partial charge in [-0.3, -0.25) is 4.79 Å². The summed E-state index contributed by atoms with van der Waals surface area (Å²) in [6.45, 7) is 6.43. The number of rotatable bonds is 9. The van der Waals surface area contributed by atoms with Gasteiger partial charge in [0.05, 0.1) is 6.04 Å². The maximum absolute atomic E-state index is 12.4. The summed E-state index contributed by atoms with van der Waals surface area (Å²) in [5.41, 5.74) is 8.74. The minimum Gasteiger partial charge on any atom is -0.446 e. The quantitative estimate of drug-likeness (QED) is 0.513. The zero-order valence-corrected chi connectivity index (χ0v) is 16.9. The molecule has 28 heavy (non-hydrogen) atoms. The number of fused-ring (bicyclic) bond motifs is 1. The number of para-hydroxylation sites is 1. The molecule has 0 aliphatic carbocycles. The van der Waals surface area contributed by atoms with Crippen LogP contribution < -0.4 is 11.1 Å². The molecule has 3 aromatic rings. The molecule has 4 N–H and O–H groups in total. The Hall–Kier alpha value is -2.60. The molecule has 0 fully saturated rings. The second-order valence-electron chi connectivity index (χ2n) is 7.94. The van der Waals surface area contributed by atoms with Crippen LogP contribution in [0.1, 0.15) is 68.0 Å². The van der Waals surface area contributed by atoms with Crippen LogP contribution in [0.3, 0.4) is 0 Å². The van der Waals surface area contributed by atoms with Crippen LogP contribution in [0.4, 0.5) is 0 Å². The molecule has 0 aliphatic rings. The summed E-state index contributed by atoms with van der Waals surface area (Å²) in [5.74, 6) is 0.842. The lowest BCUT2D eigenvalue weighted by atomic mass is 10.0. The Labute approximate surface area is 165 Å². The highest BCUT2D eigenvalue weighted by Crippen LogP contribution is 2.23. The molecule has 1 amide bonds. The number of aromatic nitrogens is 2. The molecule has 0 saturated carbocycles. The average Bonchev–Trinajstić information content (AvgIpc) is 3.29. The number of aromatic amines is 1. The number of hydrogen-bond acceptors (Lipinski definition) is 4. The number of H-pyrrole nitrogens is 1. The van der Waals surface area contributed by atoms with Crippen LogP contribution in [0.5, 0.6) is 0 Å². The number of nitrogens with zero attached hydrogens (tertiary/aromatic N) is 1. The Morgan fingerprint density at radius 3 is 2.82 bits per heavy atom. The summed E-state index contributed by atoms with van der Waals surface area (Å²) in [4.78, 5) is 20.0. The molecule has 0 spiro atoms. The van der Waals surface area contributed by atoms with Crippen molar-refractivity contribution in [3.05, 3.63) is 53.9 Å². The van der Waals surface area contributed by atoms with Crippen molar-refractivity contribution in [1.29, 1.82) is 0 Å². The number of hydrogen-bond donors (Lipinski definition) is 3. The Morgan fingerprint density at radius 1 is 1.25 bits per heavy atom. The van der Waals surface area contributed by atoms with Crippen molar-refractivity contribution in [1.82, 2.24) is 15.3 Å². The van der Waals surface area contributed by atoms with Crippen molar-refractivity contribution >= 4 is 16.8 Å². The molecule has 3 rings (SSSR count). The maximum atomic E-state index is 12.4. The molecule has 6 nitrogen and oxygen atoms in total. The lowest BCUT2D eigenvalue weighted by Gasteiger charge is -2.13. The first kappa shape index (κ1) is 20.1. The van der Waals surface area contributed by atoms with Gasteiger partial charge in [-0.05, 0) is 37.3 Å². The third-order valence-electron chi connectivity index (χ3n) is 4.98. The predicted molar refractivity (Wildman–Crippen MR) is 111 cm³/mol. The number of amides is 1. The Bertz CT molecular complexity index is 912. The predicted octanol–water partition coefficient (Wildman–Crippen LogP) is 4.34. The van der Waals surface area contributed by atoms with Gasteiger partial charge in [-0.15, -0.1) is 0 Å². The molecule has 150 valence electrons. The summed E-state index contributed by atoms with van der Waals surface area (Å²) in [7, 11) is 0. The first-order chi connectivity index (χ1) is 13.4. The maximum Gasteiger partial charge on any atom is 0.273 e. The third-order valence-corrected chi connectivity index (χ3v) is 4.98. The van der Waals surface area contributed by atoms with E-state index in [0.29, 0.717) is 18.2 Å². The Kier molecular flexibility index (Phi) is 6.52. The van der Waals surface area contributed by atoms with E-state index in [1.54, 1.807) is 0 Å². The summed E-state index contributed by atoms with van der Waals surface area (Å²) in [5, 5.41) is 4.12. The first-order valence-electron chi connectivity index (χ1n) is 10.0. The topological polar surface area (TPSA) is 96.9 Å². The molecule has 2 heterocycles. The van der Waals surface area contributed by atoms with E-state index in [4.69, 9.17) is 10.2 Å². The molecule has 0 aliphatic heterocycles. The highest BCUT2D eigenvalue weighted by Gasteiger charge is 2.19. The van der Waals surface area contributed by atoms with Crippen molar-refractivity contribution in [2.75, 3.05) is 0 Å². The van der Waals surface area contributed by atoms with Gasteiger partial charge in [0.1, 0.15) is 6.26 Å². The van der Waals surface area contributed by atoms with Gasteiger partial charge in [0.2, 0.25) is 5.89 Å². The van der Waals surface area contributed by atoms with Crippen molar-refractivity contribution in [2.45, 2.75) is 58.5 Å². The molecule has 6 heteroatoms. The molecular weight excluding hydrogens is 352 g/mol. The molecular formula is C22H30N4O2. The zero-order valence-electron chi connectivity index (χ0n) is 16.9. The van der Waals surface area contributed by atoms with Crippen LogP contribution in [0.15, 0.2) is 41.1 Å². The van der Waals surface area contributed by atoms with Gasteiger partial charge in [0.15, 0.2) is 5.69 Å². The van der Waals surface area contributed by atoms with E-state index in [1.165, 1.54) is 6.26 Å². The van der Waals surface area contributed by atoms with Crippen LogP contribution in [0.2, 0.25) is 0 Å². The number of benzene rings is 1. The van der Waals surface area contributed by atoms with Gasteiger partial charge in [0.25, 0.3) is 5.91 Å². The van der Waals surface area contributed by atoms with E-state index >= 15 is 0 Å². The largest absolute Gasteiger partial charge is 0.446 e. The molecule has 2 aromatic heterocycles. The highest BCUT2D eigenvalue weighted by atomic mass is 16.3. The molecule has 2 unspecified atom stereocenters. The van der Waals surface area contributed by atoms with Gasteiger partial charge in [-0.25, -0.2) is 4.98 Å². The number of oxazole rings is 1. The number of carbonyl (C=O) groups is 1. The molecule has 1 aromatic carbocycles. The minimum atomic E-state index is -0.413. The Balaban J connectivity index is 1.57. The fourth-order valence-corrected chi connectivity index (χ4v) is 3.39. The average molecular weight is 383 g/mol. The van der Waals surface area contributed by atoms with Crippen molar-refractivity contribution in [2.24, 2.45) is 11.7 Å². The number of nitrogens with one attached hydrogen (secondary N) is 2. The second-order valence-corrected chi connectivity index (χ2v) is 7.94. The third kappa shape index (κ3) is 5.01. The van der Waals surface area contributed by atoms with Crippen molar-refractivity contribution in [3.63, 3.8) is 0 Å². The van der Waals surface area contributed by atoms with Crippen LogP contribution >= 0.6 is 0 Å². The van der Waals surface area contributed by atoms with Gasteiger partial charge in [0, 0.05) is 23.1 Å². The number of carbonyl (C=O) groups excluding carboxylic acids is 1. The Morgan fingerprint density at radius 2 is 2.04 bits per heavy atom. The van der Waals surface area contributed by atoms with Gasteiger partial charge < -0.3 is 20.5 Å². The highest BCUT2D eigenvalue weighted by molar-refractivity contribution is 5.92. The second kappa shape index (κ2) is 9.06. The molecule has 0 saturated heterocycles. The van der Waals surface area contributed by atoms with E-state index < -0.39 is 6.04 Å². The van der Waals surface area contributed by atoms with Gasteiger partial charge in [-0.1, -0.05) is 44.9 Å². The standard InChI is InChI=1S/C22H30N4O2/c1-14(2)7-6-8-15(3)25-21(27)20-13-28-22(26-20)18(23)11-16-12-24-19-10-5-4-9-17(16)19/h4-5,9-10,12-15,18,24H,6-8,11,23H2,1-3H3,(H,25,27). The molecule has 0 bridgehead atoms. The molecule has 0 radical (unpaired) electrons.